The van der Waals surface area contributed by atoms with Crippen molar-refractivity contribution in [1.29, 1.82) is 0 Å². The number of rotatable bonds is 8. The molecule has 0 aliphatic rings. The first-order valence-electron chi connectivity index (χ1n) is 12.0. The number of nitrogens with zero attached hydrogens (tertiary/aromatic N) is 4. The van der Waals surface area contributed by atoms with Crippen LogP contribution in [-0.2, 0) is 4.79 Å². The van der Waals surface area contributed by atoms with Crippen molar-refractivity contribution in [2.24, 2.45) is 0 Å². The molecule has 0 saturated heterocycles. The van der Waals surface area contributed by atoms with Crippen LogP contribution in [-0.4, -0.2) is 25.4 Å². The normalized spacial score (nSPS) is 10.9. The van der Waals surface area contributed by atoms with Crippen LogP contribution in [0, 0.1) is 0 Å². The zero-order valence-corrected chi connectivity index (χ0v) is 20.6. The molecule has 2 heterocycles. The third kappa shape index (κ3) is 5.33. The number of benzene rings is 3. The van der Waals surface area contributed by atoms with Crippen LogP contribution in [0.5, 0.6) is 0 Å². The molecule has 5 aromatic rings. The van der Waals surface area contributed by atoms with E-state index in [-0.39, 0.29) is 5.91 Å². The maximum atomic E-state index is 11.9. The fourth-order valence-corrected chi connectivity index (χ4v) is 3.91. The van der Waals surface area contributed by atoms with Crippen molar-refractivity contribution >= 4 is 46.0 Å². The van der Waals surface area contributed by atoms with E-state index in [2.05, 4.69) is 53.5 Å². The minimum Gasteiger partial charge on any atom is -0.325 e. The molecule has 8 nitrogen and oxygen atoms in total. The van der Waals surface area contributed by atoms with Gasteiger partial charge in [-0.15, -0.1) is 0 Å². The minimum atomic E-state index is -0.285. The van der Waals surface area contributed by atoms with Crippen LogP contribution in [0.15, 0.2) is 97.7 Å². The highest BCUT2D eigenvalue weighted by Gasteiger charge is 2.16. The maximum Gasteiger partial charge on any atom is 0.247 e. The van der Waals surface area contributed by atoms with Crippen LogP contribution >= 0.6 is 0 Å². The number of nitrogens with one attached hydrogen (secondary N) is 3. The summed E-state index contributed by atoms with van der Waals surface area (Å²) in [4.78, 5) is 25.9. The summed E-state index contributed by atoms with van der Waals surface area (Å²) in [5, 5.41) is 9.48. The molecule has 3 aromatic carbocycles. The topological polar surface area (TPSA) is 96.8 Å². The Balaban J connectivity index is 1.57. The Bertz CT molecular complexity index is 1560. The third-order valence-corrected chi connectivity index (χ3v) is 5.82. The van der Waals surface area contributed by atoms with Gasteiger partial charge in [0.1, 0.15) is 5.52 Å². The van der Waals surface area contributed by atoms with Crippen LogP contribution in [0.1, 0.15) is 25.3 Å². The number of carbonyl (C=O) groups excluding carboxylic acids is 1. The largest absolute Gasteiger partial charge is 0.325 e. The van der Waals surface area contributed by atoms with Gasteiger partial charge in [-0.25, -0.2) is 9.97 Å². The number of hydrogen-bond donors (Lipinski definition) is 3. The summed E-state index contributed by atoms with van der Waals surface area (Å²) in [6, 6.07) is 25.5. The summed E-state index contributed by atoms with van der Waals surface area (Å²) in [6.07, 6.45) is 2.93. The molecule has 0 bridgehead atoms. The first-order valence-corrected chi connectivity index (χ1v) is 12.0. The van der Waals surface area contributed by atoms with Gasteiger partial charge in [0.25, 0.3) is 0 Å². The fraction of sp³-hybridized carbons (Fsp3) is 0.103. The molecule has 5 rings (SSSR count). The van der Waals surface area contributed by atoms with E-state index >= 15 is 0 Å². The lowest BCUT2D eigenvalue weighted by molar-refractivity contribution is -0.111. The quantitative estimate of drug-likeness (QED) is 0.214. The molecule has 0 fully saturated rings. The Labute approximate surface area is 215 Å². The van der Waals surface area contributed by atoms with Crippen molar-refractivity contribution in [2.45, 2.75) is 19.8 Å². The van der Waals surface area contributed by atoms with E-state index < -0.39 is 0 Å². The summed E-state index contributed by atoms with van der Waals surface area (Å²) >= 11 is 0. The second-order valence-electron chi connectivity index (χ2n) is 8.81. The van der Waals surface area contributed by atoms with Gasteiger partial charge in [-0.2, -0.15) is 4.98 Å². The van der Waals surface area contributed by atoms with Gasteiger partial charge in [-0.3, -0.25) is 9.36 Å². The minimum absolute atomic E-state index is 0.285. The first-order chi connectivity index (χ1) is 18.0. The molecule has 0 spiro atoms. The summed E-state index contributed by atoms with van der Waals surface area (Å²) < 4.78 is 1.90. The van der Waals surface area contributed by atoms with Crippen molar-refractivity contribution in [3.8, 4) is 5.69 Å². The highest BCUT2D eigenvalue weighted by atomic mass is 16.1. The molecule has 2 aromatic heterocycles. The van der Waals surface area contributed by atoms with Crippen LogP contribution in [0.2, 0.25) is 0 Å². The Morgan fingerprint density at radius 1 is 0.892 bits per heavy atom. The van der Waals surface area contributed by atoms with E-state index in [0.29, 0.717) is 34.7 Å². The van der Waals surface area contributed by atoms with Gasteiger partial charge in [0.2, 0.25) is 17.8 Å². The van der Waals surface area contributed by atoms with E-state index in [1.54, 1.807) is 6.20 Å². The number of carbonyl (C=O) groups is 1. The SMILES string of the molecule is C=CC(=O)Nc1cccc(-n2c(Nc3ccccc3)nc3cnc(Nc4ccc(C(C)C)cc4)nc32)c1. The van der Waals surface area contributed by atoms with Gasteiger partial charge in [-0.05, 0) is 60.0 Å². The molecule has 0 atom stereocenters. The number of fused-ring (bicyclic) bond motifs is 1. The number of amides is 1. The first kappa shape index (κ1) is 23.7. The molecular weight excluding hydrogens is 462 g/mol. The van der Waals surface area contributed by atoms with E-state index in [0.717, 1.165) is 17.1 Å². The summed E-state index contributed by atoms with van der Waals surface area (Å²) in [5.74, 6) is 1.19. The van der Waals surface area contributed by atoms with Gasteiger partial charge < -0.3 is 16.0 Å². The lowest BCUT2D eigenvalue weighted by Gasteiger charge is -2.12. The number of para-hydroxylation sites is 1. The van der Waals surface area contributed by atoms with Crippen molar-refractivity contribution in [3.63, 3.8) is 0 Å². The standard InChI is InChI=1S/C29H27N7O/c1-4-26(37)31-23-11-8-12-24(17-23)36-27-25(34-29(36)33-21-9-6-5-7-10-21)18-30-28(35-27)32-22-15-13-20(14-16-22)19(2)3/h4-19H,1H2,2-3H3,(H,31,37)(H,33,34)(H,30,32,35). The predicted octanol–water partition coefficient (Wildman–Crippen LogP) is 6.55. The van der Waals surface area contributed by atoms with Gasteiger partial charge >= 0.3 is 0 Å². The molecule has 37 heavy (non-hydrogen) atoms. The Morgan fingerprint density at radius 3 is 2.35 bits per heavy atom. The predicted molar refractivity (Wildman–Crippen MR) is 149 cm³/mol. The molecule has 3 N–H and O–H groups in total. The molecule has 0 unspecified atom stereocenters. The zero-order valence-electron chi connectivity index (χ0n) is 20.6. The Hall–Kier alpha value is -4.98. The number of hydrogen-bond acceptors (Lipinski definition) is 6. The van der Waals surface area contributed by atoms with Gasteiger partial charge in [-0.1, -0.05) is 56.8 Å². The summed E-state index contributed by atoms with van der Waals surface area (Å²) in [5.41, 5.74) is 5.68. The number of aromatic nitrogens is 4. The summed E-state index contributed by atoms with van der Waals surface area (Å²) in [7, 11) is 0. The smallest absolute Gasteiger partial charge is 0.247 e. The molecule has 0 saturated carbocycles. The zero-order chi connectivity index (χ0) is 25.8. The molecule has 0 aliphatic heterocycles. The second-order valence-corrected chi connectivity index (χ2v) is 8.81. The molecule has 8 heteroatoms. The molecule has 1 amide bonds. The van der Waals surface area contributed by atoms with E-state index in [9.17, 15) is 4.79 Å². The number of imidazole rings is 1. The van der Waals surface area contributed by atoms with Gasteiger partial charge in [0, 0.05) is 17.1 Å². The monoisotopic (exact) mass is 489 g/mol. The average molecular weight is 490 g/mol. The van der Waals surface area contributed by atoms with Crippen molar-refractivity contribution < 1.29 is 4.79 Å². The van der Waals surface area contributed by atoms with Crippen LogP contribution < -0.4 is 16.0 Å². The third-order valence-electron chi connectivity index (χ3n) is 5.82. The van der Waals surface area contributed by atoms with Crippen molar-refractivity contribution in [2.75, 3.05) is 16.0 Å². The van der Waals surface area contributed by atoms with E-state index in [1.807, 2.05) is 71.3 Å². The van der Waals surface area contributed by atoms with Gasteiger partial charge in [0.05, 0.1) is 11.9 Å². The lowest BCUT2D eigenvalue weighted by Crippen LogP contribution is -2.08. The van der Waals surface area contributed by atoms with Crippen LogP contribution in [0.4, 0.5) is 29.0 Å². The average Bonchev–Trinajstić information content (AvgIpc) is 3.26. The second kappa shape index (κ2) is 10.3. The number of anilines is 5. The van der Waals surface area contributed by atoms with Gasteiger partial charge in [0.15, 0.2) is 5.65 Å². The highest BCUT2D eigenvalue weighted by Crippen LogP contribution is 2.28. The van der Waals surface area contributed by atoms with Crippen LogP contribution in [0.3, 0.4) is 0 Å². The molecule has 0 radical (unpaired) electrons. The molecular formula is C29H27N7O. The Morgan fingerprint density at radius 2 is 1.62 bits per heavy atom. The lowest BCUT2D eigenvalue weighted by atomic mass is 10.0. The van der Waals surface area contributed by atoms with Crippen LogP contribution in [0.25, 0.3) is 16.9 Å². The highest BCUT2D eigenvalue weighted by molar-refractivity contribution is 5.99. The summed E-state index contributed by atoms with van der Waals surface area (Å²) in [6.45, 7) is 7.86. The van der Waals surface area contributed by atoms with E-state index in [1.165, 1.54) is 11.6 Å². The molecule has 184 valence electrons. The van der Waals surface area contributed by atoms with Crippen molar-refractivity contribution in [1.82, 2.24) is 19.5 Å². The fourth-order valence-electron chi connectivity index (χ4n) is 3.91. The van der Waals surface area contributed by atoms with E-state index in [4.69, 9.17) is 9.97 Å². The molecule has 0 aliphatic carbocycles. The van der Waals surface area contributed by atoms with Crippen molar-refractivity contribution in [3.05, 3.63) is 103 Å². The Kier molecular flexibility index (Phi) is 6.63. The maximum absolute atomic E-state index is 11.9.